The Bertz CT molecular complexity index is 218. The Morgan fingerprint density at radius 2 is 2.17 bits per heavy atom. The van der Waals surface area contributed by atoms with E-state index in [4.69, 9.17) is 0 Å². The molecule has 6 heteroatoms. The first-order chi connectivity index (χ1) is 8.47. The number of piperidine rings is 1. The lowest BCUT2D eigenvalue weighted by Gasteiger charge is -2.27. The van der Waals surface area contributed by atoms with E-state index in [1.54, 1.807) is 0 Å². The summed E-state index contributed by atoms with van der Waals surface area (Å²) in [7, 11) is 2.01. The Morgan fingerprint density at radius 3 is 2.78 bits per heavy atom. The summed E-state index contributed by atoms with van der Waals surface area (Å²) in [6.07, 6.45) is -1.11. The van der Waals surface area contributed by atoms with Crippen LogP contribution in [0.25, 0.3) is 0 Å². The summed E-state index contributed by atoms with van der Waals surface area (Å²) in [5.41, 5.74) is 0. The minimum atomic E-state index is -4.21. The molecule has 1 atom stereocenters. The largest absolute Gasteiger partial charge is 0.411 e. The monoisotopic (exact) mass is 268 g/mol. The van der Waals surface area contributed by atoms with E-state index in [1.165, 1.54) is 12.8 Å². The van der Waals surface area contributed by atoms with E-state index < -0.39 is 12.8 Å². The van der Waals surface area contributed by atoms with Crippen LogP contribution in [-0.4, -0.2) is 57.5 Å². The molecule has 1 rings (SSSR count). The average molecular weight is 268 g/mol. The lowest BCUT2D eigenvalue weighted by molar-refractivity contribution is -0.174. The summed E-state index contributed by atoms with van der Waals surface area (Å²) < 4.78 is 40.0. The Balaban J connectivity index is 1.97. The van der Waals surface area contributed by atoms with Crippen molar-refractivity contribution in [3.8, 4) is 0 Å². The molecule has 1 saturated heterocycles. The third-order valence-electron chi connectivity index (χ3n) is 3.06. The SMILES string of the molecule is CN(CCCOCC(F)(F)F)CC1CCCNC1. The van der Waals surface area contributed by atoms with Gasteiger partial charge in [0.05, 0.1) is 0 Å². The highest BCUT2D eigenvalue weighted by Gasteiger charge is 2.27. The van der Waals surface area contributed by atoms with Crippen molar-refractivity contribution < 1.29 is 17.9 Å². The van der Waals surface area contributed by atoms with Crippen molar-refractivity contribution in [3.05, 3.63) is 0 Å². The molecule has 0 aliphatic carbocycles. The third kappa shape index (κ3) is 7.89. The van der Waals surface area contributed by atoms with Crippen molar-refractivity contribution in [2.45, 2.75) is 25.4 Å². The van der Waals surface area contributed by atoms with Gasteiger partial charge < -0.3 is 15.0 Å². The number of nitrogens with zero attached hydrogens (tertiary/aromatic N) is 1. The van der Waals surface area contributed by atoms with Crippen LogP contribution in [0, 0.1) is 5.92 Å². The topological polar surface area (TPSA) is 24.5 Å². The van der Waals surface area contributed by atoms with E-state index in [-0.39, 0.29) is 6.61 Å². The van der Waals surface area contributed by atoms with E-state index in [1.807, 2.05) is 7.05 Å². The lowest BCUT2D eigenvalue weighted by Crippen LogP contribution is -2.37. The summed E-state index contributed by atoms with van der Waals surface area (Å²) in [6.45, 7) is 2.98. The molecule has 3 nitrogen and oxygen atoms in total. The molecule has 1 aliphatic rings. The zero-order valence-electron chi connectivity index (χ0n) is 10.9. The first-order valence-corrected chi connectivity index (χ1v) is 6.51. The first kappa shape index (κ1) is 15.7. The summed E-state index contributed by atoms with van der Waals surface area (Å²) in [5.74, 6) is 0.667. The van der Waals surface area contributed by atoms with Gasteiger partial charge in [0.25, 0.3) is 0 Å². The molecule has 0 spiro atoms. The Kier molecular flexibility index (Phi) is 6.96. The highest BCUT2D eigenvalue weighted by atomic mass is 19.4. The van der Waals surface area contributed by atoms with Crippen LogP contribution in [0.2, 0.25) is 0 Å². The Labute approximate surface area is 107 Å². The van der Waals surface area contributed by atoms with Crippen LogP contribution in [0.1, 0.15) is 19.3 Å². The molecule has 0 bridgehead atoms. The van der Waals surface area contributed by atoms with Crippen molar-refractivity contribution in [2.24, 2.45) is 5.92 Å². The Morgan fingerprint density at radius 1 is 1.39 bits per heavy atom. The van der Waals surface area contributed by atoms with E-state index >= 15 is 0 Å². The van der Waals surface area contributed by atoms with Crippen LogP contribution < -0.4 is 5.32 Å². The van der Waals surface area contributed by atoms with Gasteiger partial charge in [-0.05, 0) is 45.3 Å². The maximum absolute atomic E-state index is 11.8. The number of halogens is 3. The quantitative estimate of drug-likeness (QED) is 0.714. The van der Waals surface area contributed by atoms with Crippen LogP contribution in [0.3, 0.4) is 0 Å². The lowest BCUT2D eigenvalue weighted by atomic mass is 9.99. The fourth-order valence-electron chi connectivity index (χ4n) is 2.24. The van der Waals surface area contributed by atoms with E-state index in [0.717, 1.165) is 26.2 Å². The zero-order chi connectivity index (χ0) is 13.4. The van der Waals surface area contributed by atoms with Crippen molar-refractivity contribution in [2.75, 3.05) is 46.4 Å². The summed E-state index contributed by atoms with van der Waals surface area (Å²) in [5, 5.41) is 3.36. The number of alkyl halides is 3. The number of nitrogens with one attached hydrogen (secondary N) is 1. The summed E-state index contributed by atoms with van der Waals surface area (Å²) in [6, 6.07) is 0. The summed E-state index contributed by atoms with van der Waals surface area (Å²) in [4.78, 5) is 2.18. The van der Waals surface area contributed by atoms with Crippen LogP contribution in [0.4, 0.5) is 13.2 Å². The standard InChI is InChI=1S/C12H23F3N2O/c1-17(9-11-4-2-5-16-8-11)6-3-7-18-10-12(13,14)15/h11,16H,2-10H2,1H3. The molecular formula is C12H23F3N2O. The molecule has 1 fully saturated rings. The molecule has 0 aromatic heterocycles. The number of hydrogen-bond acceptors (Lipinski definition) is 3. The van der Waals surface area contributed by atoms with Gasteiger partial charge in [0.15, 0.2) is 0 Å². The second kappa shape index (κ2) is 7.96. The fourth-order valence-corrected chi connectivity index (χ4v) is 2.24. The molecule has 0 amide bonds. The molecule has 1 heterocycles. The maximum Gasteiger partial charge on any atom is 0.411 e. The summed E-state index contributed by atoms with van der Waals surface area (Å²) >= 11 is 0. The molecule has 1 N–H and O–H groups in total. The molecule has 0 aromatic rings. The van der Waals surface area contributed by atoms with Gasteiger partial charge in [-0.3, -0.25) is 0 Å². The molecule has 108 valence electrons. The van der Waals surface area contributed by atoms with Crippen LogP contribution in [0.15, 0.2) is 0 Å². The van der Waals surface area contributed by atoms with Gasteiger partial charge in [0.1, 0.15) is 6.61 Å². The van der Waals surface area contributed by atoms with E-state index in [2.05, 4.69) is 15.0 Å². The molecule has 0 aromatic carbocycles. The zero-order valence-corrected chi connectivity index (χ0v) is 10.9. The van der Waals surface area contributed by atoms with Gasteiger partial charge in [0.2, 0.25) is 0 Å². The van der Waals surface area contributed by atoms with Gasteiger partial charge in [-0.15, -0.1) is 0 Å². The van der Waals surface area contributed by atoms with Gasteiger partial charge >= 0.3 is 6.18 Å². The molecule has 0 radical (unpaired) electrons. The van der Waals surface area contributed by atoms with Crippen molar-refractivity contribution in [1.29, 1.82) is 0 Å². The minimum absolute atomic E-state index is 0.173. The third-order valence-corrected chi connectivity index (χ3v) is 3.06. The fraction of sp³-hybridized carbons (Fsp3) is 1.00. The number of hydrogen-bond donors (Lipinski definition) is 1. The second-order valence-electron chi connectivity index (χ2n) is 5.00. The van der Waals surface area contributed by atoms with Crippen LogP contribution >= 0.6 is 0 Å². The van der Waals surface area contributed by atoms with Crippen molar-refractivity contribution in [3.63, 3.8) is 0 Å². The number of rotatable bonds is 7. The highest BCUT2D eigenvalue weighted by molar-refractivity contribution is 4.71. The van der Waals surface area contributed by atoms with Crippen LogP contribution in [0.5, 0.6) is 0 Å². The van der Waals surface area contributed by atoms with Gasteiger partial charge in [-0.2, -0.15) is 13.2 Å². The van der Waals surface area contributed by atoms with Gasteiger partial charge in [0, 0.05) is 19.7 Å². The highest BCUT2D eigenvalue weighted by Crippen LogP contribution is 2.14. The number of ether oxygens (including phenoxy) is 1. The maximum atomic E-state index is 11.8. The normalized spacial score (nSPS) is 21.5. The molecular weight excluding hydrogens is 245 g/mol. The van der Waals surface area contributed by atoms with Gasteiger partial charge in [-0.1, -0.05) is 0 Å². The predicted molar refractivity (Wildman–Crippen MR) is 64.6 cm³/mol. The molecule has 1 unspecified atom stereocenters. The van der Waals surface area contributed by atoms with E-state index in [0.29, 0.717) is 12.3 Å². The van der Waals surface area contributed by atoms with Gasteiger partial charge in [-0.25, -0.2) is 0 Å². The van der Waals surface area contributed by atoms with Crippen LogP contribution in [-0.2, 0) is 4.74 Å². The van der Waals surface area contributed by atoms with E-state index in [9.17, 15) is 13.2 Å². The molecule has 0 saturated carbocycles. The Hall–Kier alpha value is -0.330. The minimum Gasteiger partial charge on any atom is -0.372 e. The second-order valence-corrected chi connectivity index (χ2v) is 5.00. The average Bonchev–Trinajstić information content (AvgIpc) is 2.28. The molecule has 1 aliphatic heterocycles. The van der Waals surface area contributed by atoms with Crippen molar-refractivity contribution in [1.82, 2.24) is 10.2 Å². The molecule has 18 heavy (non-hydrogen) atoms. The first-order valence-electron chi connectivity index (χ1n) is 6.51. The van der Waals surface area contributed by atoms with Crippen molar-refractivity contribution >= 4 is 0 Å². The smallest absolute Gasteiger partial charge is 0.372 e. The predicted octanol–water partition coefficient (Wildman–Crippen LogP) is 1.89.